The van der Waals surface area contributed by atoms with Crippen molar-refractivity contribution in [1.82, 2.24) is 0 Å². The van der Waals surface area contributed by atoms with Gasteiger partial charge in [-0.05, 0) is 24.6 Å². The molecule has 0 aliphatic rings. The largest absolute Gasteiger partial charge is 0.507 e. The van der Waals surface area contributed by atoms with Gasteiger partial charge in [-0.25, -0.2) is 4.79 Å². The second kappa shape index (κ2) is 3.45. The summed E-state index contributed by atoms with van der Waals surface area (Å²) in [5, 5.41) is 17.8. The van der Waals surface area contributed by atoms with Gasteiger partial charge in [0, 0.05) is 0 Å². The number of halogens is 3. The molecule has 1 aromatic rings. The lowest BCUT2D eigenvalue weighted by Gasteiger charge is -2.10. The van der Waals surface area contributed by atoms with Crippen LogP contribution in [0.3, 0.4) is 0 Å². The zero-order valence-electron chi connectivity index (χ0n) is 7.59. The van der Waals surface area contributed by atoms with Crippen LogP contribution in [0.2, 0.25) is 0 Å². The molecule has 6 heteroatoms. The molecule has 1 rings (SSSR count). The summed E-state index contributed by atoms with van der Waals surface area (Å²) in [6, 6.07) is 1.10. The molecule has 0 saturated heterocycles. The molecule has 3 nitrogen and oxygen atoms in total. The van der Waals surface area contributed by atoms with Crippen LogP contribution in [0.15, 0.2) is 12.1 Å². The van der Waals surface area contributed by atoms with Crippen LogP contribution in [0.1, 0.15) is 21.5 Å². The standard InChI is InChI=1S/C9H7F3O3/c1-4-2-5(9(10,11)12)3-6(7(4)13)8(14)15/h2-3,13H,1H3,(H,14,15). The van der Waals surface area contributed by atoms with Gasteiger partial charge in [-0.2, -0.15) is 13.2 Å². The highest BCUT2D eigenvalue weighted by Gasteiger charge is 2.32. The monoisotopic (exact) mass is 220 g/mol. The average Bonchev–Trinajstić information content (AvgIpc) is 2.06. The highest BCUT2D eigenvalue weighted by molar-refractivity contribution is 5.91. The summed E-state index contributed by atoms with van der Waals surface area (Å²) < 4.78 is 36.8. The number of carbonyl (C=O) groups is 1. The zero-order valence-corrected chi connectivity index (χ0v) is 7.59. The third-order valence-corrected chi connectivity index (χ3v) is 1.86. The molecule has 0 amide bonds. The minimum Gasteiger partial charge on any atom is -0.507 e. The fraction of sp³-hybridized carbons (Fsp3) is 0.222. The van der Waals surface area contributed by atoms with E-state index >= 15 is 0 Å². The highest BCUT2D eigenvalue weighted by atomic mass is 19.4. The first-order valence-corrected chi connectivity index (χ1v) is 3.87. The molecule has 1 aromatic carbocycles. The van der Waals surface area contributed by atoms with E-state index in [1.54, 1.807) is 0 Å². The van der Waals surface area contributed by atoms with Gasteiger partial charge in [0.15, 0.2) is 0 Å². The number of benzene rings is 1. The molecular formula is C9H7F3O3. The Bertz CT molecular complexity index is 410. The molecule has 82 valence electrons. The third kappa shape index (κ3) is 2.20. The van der Waals surface area contributed by atoms with Crippen molar-refractivity contribution in [2.45, 2.75) is 13.1 Å². The Morgan fingerprint density at radius 2 is 1.87 bits per heavy atom. The van der Waals surface area contributed by atoms with Crippen molar-refractivity contribution in [2.24, 2.45) is 0 Å². The average molecular weight is 220 g/mol. The van der Waals surface area contributed by atoms with E-state index in [1.807, 2.05) is 0 Å². The minimum atomic E-state index is -4.62. The molecule has 0 heterocycles. The number of alkyl halides is 3. The molecule has 0 unspecified atom stereocenters. The molecule has 0 aromatic heterocycles. The Labute approximate surface area is 82.8 Å². The number of aromatic carboxylic acids is 1. The number of rotatable bonds is 1. The molecule has 2 N–H and O–H groups in total. The summed E-state index contributed by atoms with van der Waals surface area (Å²) in [4.78, 5) is 10.5. The summed E-state index contributed by atoms with van der Waals surface area (Å²) in [6.45, 7) is 1.21. The number of aromatic hydroxyl groups is 1. The molecule has 0 bridgehead atoms. The number of carboxylic acids is 1. The Hall–Kier alpha value is -1.72. The maximum Gasteiger partial charge on any atom is 0.416 e. The van der Waals surface area contributed by atoms with Crippen molar-refractivity contribution in [2.75, 3.05) is 0 Å². The second-order valence-electron chi connectivity index (χ2n) is 2.99. The normalized spacial score (nSPS) is 11.5. The number of hydrogen-bond acceptors (Lipinski definition) is 2. The van der Waals surface area contributed by atoms with Crippen LogP contribution in [0, 0.1) is 6.92 Å². The molecule has 0 spiro atoms. The van der Waals surface area contributed by atoms with E-state index in [9.17, 15) is 23.1 Å². The van der Waals surface area contributed by atoms with Crippen molar-refractivity contribution in [3.05, 3.63) is 28.8 Å². The van der Waals surface area contributed by atoms with Gasteiger partial charge in [-0.3, -0.25) is 0 Å². The van der Waals surface area contributed by atoms with Crippen LogP contribution >= 0.6 is 0 Å². The van der Waals surface area contributed by atoms with Crippen LogP contribution in [0.4, 0.5) is 13.2 Å². The van der Waals surface area contributed by atoms with E-state index in [1.165, 1.54) is 6.92 Å². The Morgan fingerprint density at radius 1 is 1.33 bits per heavy atom. The maximum atomic E-state index is 12.3. The minimum absolute atomic E-state index is 0.123. The molecule has 0 aliphatic heterocycles. The lowest BCUT2D eigenvalue weighted by atomic mass is 10.0. The first-order chi connectivity index (χ1) is 6.73. The summed E-state index contributed by atoms with van der Waals surface area (Å²) in [5.41, 5.74) is -1.96. The maximum absolute atomic E-state index is 12.3. The number of aryl methyl sites for hydroxylation is 1. The summed E-state index contributed by atoms with van der Waals surface area (Å²) in [5.74, 6) is -2.24. The van der Waals surface area contributed by atoms with Crippen molar-refractivity contribution in [3.63, 3.8) is 0 Å². The fourth-order valence-corrected chi connectivity index (χ4v) is 1.11. The van der Waals surface area contributed by atoms with Crippen LogP contribution in [-0.4, -0.2) is 16.2 Å². The van der Waals surface area contributed by atoms with E-state index < -0.39 is 29.0 Å². The van der Waals surface area contributed by atoms with Crippen LogP contribution < -0.4 is 0 Å². The Kier molecular flexibility index (Phi) is 2.61. The predicted octanol–water partition coefficient (Wildman–Crippen LogP) is 2.42. The smallest absolute Gasteiger partial charge is 0.416 e. The number of phenols is 1. The number of carboxylic acid groups (broad SMARTS) is 1. The van der Waals surface area contributed by atoms with Crippen molar-refractivity contribution >= 4 is 5.97 Å². The van der Waals surface area contributed by atoms with E-state index in [2.05, 4.69) is 0 Å². The zero-order chi connectivity index (χ0) is 11.8. The number of hydrogen-bond donors (Lipinski definition) is 2. The van der Waals surface area contributed by atoms with E-state index in [4.69, 9.17) is 5.11 Å². The highest BCUT2D eigenvalue weighted by Crippen LogP contribution is 2.34. The summed E-state index contributed by atoms with van der Waals surface area (Å²) in [7, 11) is 0. The van der Waals surface area contributed by atoms with E-state index in [0.29, 0.717) is 12.1 Å². The Balaban J connectivity index is 3.43. The fourth-order valence-electron chi connectivity index (χ4n) is 1.11. The van der Waals surface area contributed by atoms with Gasteiger partial charge in [-0.1, -0.05) is 0 Å². The SMILES string of the molecule is Cc1cc(C(F)(F)F)cc(C(=O)O)c1O. The van der Waals surface area contributed by atoms with Gasteiger partial charge < -0.3 is 10.2 Å². The van der Waals surface area contributed by atoms with Gasteiger partial charge in [0.1, 0.15) is 11.3 Å². The van der Waals surface area contributed by atoms with Crippen molar-refractivity contribution < 1.29 is 28.2 Å². The van der Waals surface area contributed by atoms with Gasteiger partial charge in [0.2, 0.25) is 0 Å². The van der Waals surface area contributed by atoms with Crippen LogP contribution in [0.5, 0.6) is 5.75 Å². The van der Waals surface area contributed by atoms with Crippen molar-refractivity contribution in [3.8, 4) is 5.75 Å². The quantitative estimate of drug-likeness (QED) is 0.764. The van der Waals surface area contributed by atoms with Crippen LogP contribution in [-0.2, 0) is 6.18 Å². The lowest BCUT2D eigenvalue weighted by molar-refractivity contribution is -0.137. The topological polar surface area (TPSA) is 57.5 Å². The van der Waals surface area contributed by atoms with Crippen molar-refractivity contribution in [1.29, 1.82) is 0 Å². The molecule has 0 radical (unpaired) electrons. The van der Waals surface area contributed by atoms with E-state index in [-0.39, 0.29) is 5.56 Å². The van der Waals surface area contributed by atoms with Gasteiger partial charge in [0.25, 0.3) is 0 Å². The third-order valence-electron chi connectivity index (χ3n) is 1.86. The summed E-state index contributed by atoms with van der Waals surface area (Å²) >= 11 is 0. The van der Waals surface area contributed by atoms with Crippen LogP contribution in [0.25, 0.3) is 0 Å². The summed E-state index contributed by atoms with van der Waals surface area (Å²) in [6.07, 6.45) is -4.62. The molecule has 0 saturated carbocycles. The van der Waals surface area contributed by atoms with Gasteiger partial charge in [0.05, 0.1) is 5.56 Å². The van der Waals surface area contributed by atoms with Gasteiger partial charge >= 0.3 is 12.1 Å². The molecule has 0 atom stereocenters. The first kappa shape index (κ1) is 11.4. The molecule has 0 fully saturated rings. The molecule has 15 heavy (non-hydrogen) atoms. The predicted molar refractivity (Wildman–Crippen MR) is 44.8 cm³/mol. The van der Waals surface area contributed by atoms with E-state index in [0.717, 1.165) is 0 Å². The first-order valence-electron chi connectivity index (χ1n) is 3.87. The molecule has 0 aliphatic carbocycles. The second-order valence-corrected chi connectivity index (χ2v) is 2.99. The Morgan fingerprint density at radius 3 is 2.27 bits per heavy atom. The lowest BCUT2D eigenvalue weighted by Crippen LogP contribution is -2.08. The van der Waals surface area contributed by atoms with Gasteiger partial charge in [-0.15, -0.1) is 0 Å². The molecular weight excluding hydrogens is 213 g/mol.